The molecule has 2 rings (SSSR count). The molecule has 1 heterocycles. The Morgan fingerprint density at radius 3 is 2.64 bits per heavy atom. The van der Waals surface area contributed by atoms with E-state index < -0.39 is 29.8 Å². The number of rotatable bonds is 4. The first-order valence-electron chi connectivity index (χ1n) is 6.57. The highest BCUT2D eigenvalue weighted by Gasteiger charge is 2.20. The second kappa shape index (κ2) is 6.52. The van der Waals surface area contributed by atoms with E-state index in [0.29, 0.717) is 5.82 Å². The van der Waals surface area contributed by atoms with E-state index >= 15 is 0 Å². The second-order valence-electron chi connectivity index (χ2n) is 4.88. The number of carbonyl (C=O) groups excluding carboxylic acids is 1. The third-order valence-electron chi connectivity index (χ3n) is 3.07. The largest absolute Gasteiger partial charge is 0.386 e. The number of nitrogens with zero attached hydrogens (tertiary/aromatic N) is 2. The monoisotopic (exact) mass is 310 g/mol. The minimum absolute atomic E-state index is 0.171. The summed E-state index contributed by atoms with van der Waals surface area (Å²) in [6.45, 7) is 1.55. The molecule has 0 spiro atoms. The highest BCUT2D eigenvalue weighted by Crippen LogP contribution is 2.19. The third-order valence-corrected chi connectivity index (χ3v) is 3.07. The first kappa shape index (κ1) is 15.9. The van der Waals surface area contributed by atoms with Crippen molar-refractivity contribution in [2.75, 3.05) is 5.32 Å². The van der Waals surface area contributed by atoms with E-state index in [1.165, 1.54) is 10.7 Å². The summed E-state index contributed by atoms with van der Waals surface area (Å²) in [6.07, 6.45) is 0.486. The molecule has 0 radical (unpaired) electrons. The van der Waals surface area contributed by atoms with Gasteiger partial charge in [-0.25, -0.2) is 13.6 Å². The molecule has 0 aliphatic carbocycles. The number of aliphatic hydroxyl groups is 1. The summed E-state index contributed by atoms with van der Waals surface area (Å²) < 4.78 is 27.6. The van der Waals surface area contributed by atoms with E-state index in [0.717, 1.165) is 12.1 Å². The molecule has 0 fully saturated rings. The summed E-state index contributed by atoms with van der Waals surface area (Å²) in [5.41, 5.74) is 0.171. The normalized spacial score (nSPS) is 13.5. The smallest absolute Gasteiger partial charge is 0.320 e. The average Bonchev–Trinajstić information content (AvgIpc) is 2.86. The number of aryl methyl sites for hydroxylation is 1. The van der Waals surface area contributed by atoms with Crippen molar-refractivity contribution in [2.24, 2.45) is 7.05 Å². The topological polar surface area (TPSA) is 79.2 Å². The van der Waals surface area contributed by atoms with Crippen molar-refractivity contribution in [3.63, 3.8) is 0 Å². The highest BCUT2D eigenvalue weighted by molar-refractivity contribution is 5.88. The fourth-order valence-corrected chi connectivity index (χ4v) is 1.90. The molecule has 3 N–H and O–H groups in total. The van der Waals surface area contributed by atoms with Crippen LogP contribution in [-0.2, 0) is 7.05 Å². The zero-order chi connectivity index (χ0) is 16.3. The Bertz CT molecular complexity index is 675. The van der Waals surface area contributed by atoms with Crippen molar-refractivity contribution in [3.8, 4) is 0 Å². The first-order valence-corrected chi connectivity index (χ1v) is 6.57. The van der Waals surface area contributed by atoms with Gasteiger partial charge in [0, 0.05) is 19.3 Å². The number of amides is 2. The van der Waals surface area contributed by atoms with Crippen LogP contribution in [0.2, 0.25) is 0 Å². The van der Waals surface area contributed by atoms with Crippen LogP contribution in [0.4, 0.5) is 19.4 Å². The van der Waals surface area contributed by atoms with Gasteiger partial charge in [0.05, 0.1) is 12.1 Å². The van der Waals surface area contributed by atoms with E-state index in [1.807, 2.05) is 0 Å². The Balaban J connectivity index is 1.96. The van der Waals surface area contributed by atoms with Gasteiger partial charge >= 0.3 is 6.03 Å². The van der Waals surface area contributed by atoms with Crippen LogP contribution >= 0.6 is 0 Å². The van der Waals surface area contributed by atoms with Gasteiger partial charge in [-0.05, 0) is 24.6 Å². The Morgan fingerprint density at radius 1 is 1.32 bits per heavy atom. The van der Waals surface area contributed by atoms with E-state index in [1.54, 1.807) is 26.2 Å². The van der Waals surface area contributed by atoms with Crippen LogP contribution in [-0.4, -0.2) is 27.0 Å². The maximum Gasteiger partial charge on any atom is 0.320 e. The molecular formula is C14H16F2N4O2. The second-order valence-corrected chi connectivity index (χ2v) is 4.88. The van der Waals surface area contributed by atoms with Gasteiger partial charge in [-0.15, -0.1) is 0 Å². The molecule has 2 aromatic rings. The van der Waals surface area contributed by atoms with E-state index in [-0.39, 0.29) is 5.56 Å². The molecule has 0 aliphatic rings. The van der Waals surface area contributed by atoms with Gasteiger partial charge in [-0.1, -0.05) is 6.07 Å². The molecule has 1 aromatic heterocycles. The van der Waals surface area contributed by atoms with Crippen LogP contribution < -0.4 is 10.6 Å². The molecule has 0 saturated carbocycles. The lowest BCUT2D eigenvalue weighted by atomic mass is 10.0. The lowest BCUT2D eigenvalue weighted by molar-refractivity contribution is 0.138. The Hall–Kier alpha value is -2.48. The predicted molar refractivity (Wildman–Crippen MR) is 76.1 cm³/mol. The molecule has 2 atom stereocenters. The van der Waals surface area contributed by atoms with Gasteiger partial charge in [0.1, 0.15) is 0 Å². The van der Waals surface area contributed by atoms with Crippen LogP contribution in [0.25, 0.3) is 0 Å². The molecule has 22 heavy (non-hydrogen) atoms. The maximum absolute atomic E-state index is 13.2. The van der Waals surface area contributed by atoms with Crippen LogP contribution in [0.1, 0.15) is 18.6 Å². The average molecular weight is 310 g/mol. The molecule has 6 nitrogen and oxygen atoms in total. The zero-order valence-electron chi connectivity index (χ0n) is 12.0. The number of anilines is 1. The lowest BCUT2D eigenvalue weighted by Crippen LogP contribution is -2.39. The van der Waals surface area contributed by atoms with Crippen molar-refractivity contribution >= 4 is 11.8 Å². The molecule has 0 aliphatic heterocycles. The molecule has 1 aromatic carbocycles. The van der Waals surface area contributed by atoms with Crippen molar-refractivity contribution in [3.05, 3.63) is 47.7 Å². The molecule has 8 heteroatoms. The van der Waals surface area contributed by atoms with Crippen LogP contribution in [0, 0.1) is 11.6 Å². The number of benzene rings is 1. The number of carbonyl (C=O) groups is 1. The summed E-state index contributed by atoms with van der Waals surface area (Å²) in [4.78, 5) is 11.8. The van der Waals surface area contributed by atoms with Crippen molar-refractivity contribution in [1.82, 2.24) is 15.1 Å². The Labute approximate surface area is 125 Å². The fourth-order valence-electron chi connectivity index (χ4n) is 1.90. The third kappa shape index (κ3) is 3.79. The summed E-state index contributed by atoms with van der Waals surface area (Å²) >= 11 is 0. The number of nitrogens with one attached hydrogen (secondary N) is 2. The minimum Gasteiger partial charge on any atom is -0.386 e. The molecule has 118 valence electrons. The summed E-state index contributed by atoms with van der Waals surface area (Å²) in [5.74, 6) is -1.69. The van der Waals surface area contributed by atoms with Gasteiger partial charge in [0.25, 0.3) is 0 Å². The van der Waals surface area contributed by atoms with Gasteiger partial charge in [-0.3, -0.25) is 10.00 Å². The van der Waals surface area contributed by atoms with Gasteiger partial charge < -0.3 is 10.4 Å². The summed E-state index contributed by atoms with van der Waals surface area (Å²) in [6, 6.07) is 3.42. The van der Waals surface area contributed by atoms with Gasteiger partial charge in [0.2, 0.25) is 0 Å². The highest BCUT2D eigenvalue weighted by atomic mass is 19.2. The van der Waals surface area contributed by atoms with Gasteiger partial charge in [-0.2, -0.15) is 5.10 Å². The molecule has 0 saturated heterocycles. The van der Waals surface area contributed by atoms with E-state index in [2.05, 4.69) is 15.7 Å². The standard InChI is InChI=1S/C14H16F2N4O2/c1-8(13(21)9-3-4-10(15)11(16)7-9)17-14(22)18-12-5-6-20(2)19-12/h3-8,13,21H,1-2H3,(H2,17,18,19,22). The Morgan fingerprint density at radius 2 is 2.05 bits per heavy atom. The van der Waals surface area contributed by atoms with E-state index in [4.69, 9.17) is 0 Å². The minimum atomic E-state index is -1.18. The quantitative estimate of drug-likeness (QED) is 0.807. The summed E-state index contributed by atoms with van der Waals surface area (Å²) in [5, 5.41) is 19.0. The maximum atomic E-state index is 13.2. The lowest BCUT2D eigenvalue weighted by Gasteiger charge is -2.20. The van der Waals surface area contributed by atoms with Crippen molar-refractivity contribution in [2.45, 2.75) is 19.1 Å². The zero-order valence-corrected chi connectivity index (χ0v) is 12.0. The molecule has 0 bridgehead atoms. The van der Waals surface area contributed by atoms with Crippen LogP contribution in [0.15, 0.2) is 30.5 Å². The van der Waals surface area contributed by atoms with Crippen LogP contribution in [0.3, 0.4) is 0 Å². The molecule has 2 unspecified atom stereocenters. The first-order chi connectivity index (χ1) is 10.4. The number of aromatic nitrogens is 2. The van der Waals surface area contributed by atoms with E-state index in [9.17, 15) is 18.7 Å². The number of aliphatic hydroxyl groups excluding tert-OH is 1. The number of urea groups is 1. The summed E-state index contributed by atoms with van der Waals surface area (Å²) in [7, 11) is 1.71. The molecular weight excluding hydrogens is 294 g/mol. The number of halogens is 2. The molecule has 2 amide bonds. The number of hydrogen-bond donors (Lipinski definition) is 3. The SMILES string of the molecule is CC(NC(=O)Nc1ccn(C)n1)C(O)c1ccc(F)c(F)c1. The number of hydrogen-bond acceptors (Lipinski definition) is 3. The predicted octanol–water partition coefficient (Wildman–Crippen LogP) is 1.94. The fraction of sp³-hybridized carbons (Fsp3) is 0.286. The van der Waals surface area contributed by atoms with Gasteiger partial charge in [0.15, 0.2) is 17.5 Å². The van der Waals surface area contributed by atoms with Crippen molar-refractivity contribution < 1.29 is 18.7 Å². The van der Waals surface area contributed by atoms with Crippen molar-refractivity contribution in [1.29, 1.82) is 0 Å². The van der Waals surface area contributed by atoms with Crippen LogP contribution in [0.5, 0.6) is 0 Å². The Kier molecular flexibility index (Phi) is 4.71.